The number of aromatic nitrogens is 1. The molecule has 0 radical (unpaired) electrons. The Hall–Kier alpha value is -1.88. The van der Waals surface area contributed by atoms with Gasteiger partial charge in [-0.1, -0.05) is 38.1 Å². The number of thiazole rings is 1. The Morgan fingerprint density at radius 2 is 1.82 bits per heavy atom. The molecule has 0 aliphatic heterocycles. The third-order valence-electron chi connectivity index (χ3n) is 3.51. The summed E-state index contributed by atoms with van der Waals surface area (Å²) in [7, 11) is 1.79. The highest BCUT2D eigenvalue weighted by Gasteiger charge is 2.04. The van der Waals surface area contributed by atoms with Crippen LogP contribution < -0.4 is 10.6 Å². The number of rotatable bonds is 6. The van der Waals surface area contributed by atoms with Crippen LogP contribution in [0, 0.1) is 0 Å². The van der Waals surface area contributed by atoms with Crippen molar-refractivity contribution >= 4 is 17.3 Å². The molecule has 22 heavy (non-hydrogen) atoms. The van der Waals surface area contributed by atoms with Gasteiger partial charge in [-0.2, -0.15) is 0 Å². The summed E-state index contributed by atoms with van der Waals surface area (Å²) in [6, 6.07) is 8.50. The largest absolute Gasteiger partial charge is 0.352 e. The highest BCUT2D eigenvalue weighted by atomic mass is 32.1. The van der Waals surface area contributed by atoms with Crippen LogP contribution in [0.3, 0.4) is 0 Å². The van der Waals surface area contributed by atoms with E-state index in [0.717, 1.165) is 31.0 Å². The van der Waals surface area contributed by atoms with Gasteiger partial charge in [-0.05, 0) is 24.0 Å². The van der Waals surface area contributed by atoms with Crippen molar-refractivity contribution < 1.29 is 0 Å². The van der Waals surface area contributed by atoms with Gasteiger partial charge >= 0.3 is 0 Å². The maximum atomic E-state index is 4.55. The van der Waals surface area contributed by atoms with Crippen molar-refractivity contribution in [3.63, 3.8) is 0 Å². The minimum Gasteiger partial charge on any atom is -0.352 e. The summed E-state index contributed by atoms with van der Waals surface area (Å²) in [5, 5.41) is 9.96. The summed E-state index contributed by atoms with van der Waals surface area (Å²) in [6.45, 7) is 5.79. The van der Waals surface area contributed by atoms with Gasteiger partial charge in [-0.15, -0.1) is 11.3 Å². The Morgan fingerprint density at radius 3 is 2.45 bits per heavy atom. The lowest BCUT2D eigenvalue weighted by Gasteiger charge is -2.13. The fourth-order valence-electron chi connectivity index (χ4n) is 2.24. The summed E-state index contributed by atoms with van der Waals surface area (Å²) >= 11 is 1.71. The Balaban J connectivity index is 1.87. The van der Waals surface area contributed by atoms with Gasteiger partial charge in [0.05, 0.1) is 17.2 Å². The molecule has 2 N–H and O–H groups in total. The highest BCUT2D eigenvalue weighted by Crippen LogP contribution is 2.10. The van der Waals surface area contributed by atoms with Crippen molar-refractivity contribution in [3.8, 4) is 0 Å². The van der Waals surface area contributed by atoms with Gasteiger partial charge in [-0.25, -0.2) is 4.98 Å². The average Bonchev–Trinajstić information content (AvgIpc) is 3.03. The van der Waals surface area contributed by atoms with E-state index in [9.17, 15) is 0 Å². The molecule has 1 heterocycles. The van der Waals surface area contributed by atoms with E-state index in [2.05, 4.69) is 64.1 Å². The average molecular weight is 316 g/mol. The maximum absolute atomic E-state index is 4.55. The summed E-state index contributed by atoms with van der Waals surface area (Å²) in [5.41, 5.74) is 3.76. The van der Waals surface area contributed by atoms with E-state index >= 15 is 0 Å². The molecule has 0 aliphatic rings. The van der Waals surface area contributed by atoms with Crippen LogP contribution in [0.1, 0.15) is 35.7 Å². The van der Waals surface area contributed by atoms with Gasteiger partial charge in [0.2, 0.25) is 0 Å². The van der Waals surface area contributed by atoms with E-state index in [0.29, 0.717) is 6.54 Å². The quantitative estimate of drug-likeness (QED) is 0.636. The van der Waals surface area contributed by atoms with E-state index in [4.69, 9.17) is 0 Å². The lowest BCUT2D eigenvalue weighted by molar-refractivity contribution is 0.790. The van der Waals surface area contributed by atoms with Crippen molar-refractivity contribution in [3.05, 3.63) is 51.5 Å². The molecule has 0 amide bonds. The van der Waals surface area contributed by atoms with Crippen LogP contribution in [0.25, 0.3) is 0 Å². The molecule has 0 atom stereocenters. The molecule has 2 rings (SSSR count). The van der Waals surface area contributed by atoms with Gasteiger partial charge in [0.25, 0.3) is 0 Å². The molecule has 0 bridgehead atoms. The molecule has 0 aliphatic carbocycles. The van der Waals surface area contributed by atoms with Crippen LogP contribution >= 0.6 is 11.3 Å². The summed E-state index contributed by atoms with van der Waals surface area (Å²) in [5.74, 6) is 0.803. The number of aliphatic imine (C=N–C) groups is 1. The maximum Gasteiger partial charge on any atom is 0.191 e. The number of benzene rings is 1. The zero-order valence-corrected chi connectivity index (χ0v) is 14.3. The van der Waals surface area contributed by atoms with Crippen molar-refractivity contribution in [1.29, 1.82) is 0 Å². The van der Waals surface area contributed by atoms with Gasteiger partial charge in [-0.3, -0.25) is 4.99 Å². The molecule has 0 fully saturated rings. The summed E-state index contributed by atoms with van der Waals surface area (Å²) < 4.78 is 0. The molecule has 1 aromatic carbocycles. The first-order valence-electron chi connectivity index (χ1n) is 7.71. The van der Waals surface area contributed by atoms with Crippen molar-refractivity contribution in [2.75, 3.05) is 7.05 Å². The lowest BCUT2D eigenvalue weighted by Crippen LogP contribution is -2.36. The minimum atomic E-state index is 0.700. The predicted molar refractivity (Wildman–Crippen MR) is 94.4 cm³/mol. The Morgan fingerprint density at radius 1 is 1.09 bits per heavy atom. The second-order valence-corrected chi connectivity index (χ2v) is 5.93. The zero-order chi connectivity index (χ0) is 15.8. The second-order valence-electron chi connectivity index (χ2n) is 4.99. The molecular weight excluding hydrogens is 292 g/mol. The smallest absolute Gasteiger partial charge is 0.191 e. The van der Waals surface area contributed by atoms with Gasteiger partial charge in [0.1, 0.15) is 0 Å². The SMILES string of the molecule is CCc1nc(CNC(=NC)NCc2ccccc2CC)cs1. The van der Waals surface area contributed by atoms with Crippen LogP contribution in [0.4, 0.5) is 0 Å². The summed E-state index contributed by atoms with van der Waals surface area (Å²) in [6.07, 6.45) is 2.04. The number of aryl methyl sites for hydroxylation is 2. The lowest BCUT2D eigenvalue weighted by atomic mass is 10.1. The second kappa shape index (κ2) is 8.54. The fourth-order valence-corrected chi connectivity index (χ4v) is 2.99. The molecule has 118 valence electrons. The minimum absolute atomic E-state index is 0.700. The predicted octanol–water partition coefficient (Wildman–Crippen LogP) is 3.13. The van der Waals surface area contributed by atoms with Crippen LogP contribution in [0.2, 0.25) is 0 Å². The first-order chi connectivity index (χ1) is 10.8. The van der Waals surface area contributed by atoms with Crippen LogP contribution in [-0.4, -0.2) is 18.0 Å². The van der Waals surface area contributed by atoms with Crippen LogP contribution in [0.15, 0.2) is 34.6 Å². The van der Waals surface area contributed by atoms with Gasteiger partial charge < -0.3 is 10.6 Å². The van der Waals surface area contributed by atoms with E-state index in [1.54, 1.807) is 18.4 Å². The van der Waals surface area contributed by atoms with Gasteiger partial charge in [0.15, 0.2) is 5.96 Å². The topological polar surface area (TPSA) is 49.3 Å². The van der Waals surface area contributed by atoms with Crippen LogP contribution in [0.5, 0.6) is 0 Å². The molecule has 0 unspecified atom stereocenters. The first-order valence-corrected chi connectivity index (χ1v) is 8.59. The van der Waals surface area contributed by atoms with Crippen molar-refractivity contribution in [2.45, 2.75) is 39.8 Å². The number of hydrogen-bond donors (Lipinski definition) is 2. The Bertz CT molecular complexity index is 619. The van der Waals surface area contributed by atoms with E-state index in [1.165, 1.54) is 16.1 Å². The van der Waals surface area contributed by atoms with Crippen molar-refractivity contribution in [1.82, 2.24) is 15.6 Å². The van der Waals surface area contributed by atoms with Crippen molar-refractivity contribution in [2.24, 2.45) is 4.99 Å². The van der Waals surface area contributed by atoms with Gasteiger partial charge in [0, 0.05) is 19.0 Å². The molecule has 0 saturated heterocycles. The molecule has 0 spiro atoms. The molecule has 1 aromatic heterocycles. The van der Waals surface area contributed by atoms with E-state index in [-0.39, 0.29) is 0 Å². The molecule has 2 aromatic rings. The molecular formula is C17H24N4S. The van der Waals surface area contributed by atoms with Crippen LogP contribution in [-0.2, 0) is 25.9 Å². The zero-order valence-electron chi connectivity index (χ0n) is 13.5. The number of guanidine groups is 1. The third kappa shape index (κ3) is 4.56. The third-order valence-corrected chi connectivity index (χ3v) is 4.55. The Kier molecular flexibility index (Phi) is 6.40. The summed E-state index contributed by atoms with van der Waals surface area (Å²) in [4.78, 5) is 8.82. The first kappa shape index (κ1) is 16.5. The molecule has 4 nitrogen and oxygen atoms in total. The normalized spacial score (nSPS) is 11.5. The molecule has 5 heteroatoms. The number of nitrogens with zero attached hydrogens (tertiary/aromatic N) is 2. The molecule has 0 saturated carbocycles. The standard InChI is InChI=1S/C17H24N4S/c1-4-13-8-6-7-9-14(13)10-19-17(18-3)20-11-15-12-22-16(5-2)21-15/h6-9,12H,4-5,10-11H2,1-3H3,(H2,18,19,20). The van der Waals surface area contributed by atoms with E-state index in [1.807, 2.05) is 0 Å². The Labute approximate surface area is 136 Å². The monoisotopic (exact) mass is 316 g/mol. The fraction of sp³-hybridized carbons (Fsp3) is 0.412. The number of nitrogens with one attached hydrogen (secondary N) is 2. The highest BCUT2D eigenvalue weighted by molar-refractivity contribution is 7.09. The number of hydrogen-bond acceptors (Lipinski definition) is 3. The van der Waals surface area contributed by atoms with E-state index < -0.39 is 0 Å².